The third-order valence-electron chi connectivity index (χ3n) is 3.75. The molecule has 0 amide bonds. The molecule has 1 aliphatic rings. The molecule has 0 fully saturated rings. The molecule has 2 heterocycles. The van der Waals surface area contributed by atoms with E-state index in [1.165, 1.54) is 11.1 Å². The summed E-state index contributed by atoms with van der Waals surface area (Å²) in [7, 11) is 0. The van der Waals surface area contributed by atoms with E-state index in [1.807, 2.05) is 0 Å². The number of nitrogens with one attached hydrogen (secondary N) is 1. The molecule has 104 valence electrons. The number of benzene rings is 1. The van der Waals surface area contributed by atoms with Crippen LogP contribution in [0.1, 0.15) is 16.8 Å². The minimum absolute atomic E-state index is 0.594. The van der Waals surface area contributed by atoms with Gasteiger partial charge in [-0.1, -0.05) is 24.3 Å². The van der Waals surface area contributed by atoms with Crippen molar-refractivity contribution in [3.8, 4) is 0 Å². The maximum atomic E-state index is 5.29. The van der Waals surface area contributed by atoms with Gasteiger partial charge in [-0.3, -0.25) is 9.88 Å². The molecule has 5 nitrogen and oxygen atoms in total. The first kappa shape index (κ1) is 13.0. The molecule has 0 saturated heterocycles. The van der Waals surface area contributed by atoms with Crippen molar-refractivity contribution in [2.75, 3.05) is 18.5 Å². The zero-order valence-corrected chi connectivity index (χ0v) is 11.4. The van der Waals surface area contributed by atoms with Crippen LogP contribution >= 0.6 is 0 Å². The second-order valence-corrected chi connectivity index (χ2v) is 5.08. The molecular weight excluding hydrogens is 250 g/mol. The van der Waals surface area contributed by atoms with Gasteiger partial charge in [-0.05, 0) is 24.0 Å². The van der Waals surface area contributed by atoms with Gasteiger partial charge in [0.15, 0.2) is 5.82 Å². The van der Waals surface area contributed by atoms with Gasteiger partial charge in [0, 0.05) is 19.6 Å². The second-order valence-electron chi connectivity index (χ2n) is 5.08. The van der Waals surface area contributed by atoms with Gasteiger partial charge in [0.05, 0.1) is 18.1 Å². The van der Waals surface area contributed by atoms with E-state index in [4.69, 9.17) is 5.84 Å². The van der Waals surface area contributed by atoms with Crippen LogP contribution in [0.5, 0.6) is 0 Å². The molecule has 20 heavy (non-hydrogen) atoms. The summed E-state index contributed by atoms with van der Waals surface area (Å²) in [5, 5.41) is 0. The standard InChI is InChI=1S/C15H19N5/c16-19-15-10-17-14(9-18-15)11-20-7-5-12-3-1-2-4-13(12)6-8-20/h1-4,9-10H,5-8,11,16H2,(H,18,19). The van der Waals surface area contributed by atoms with E-state index in [-0.39, 0.29) is 0 Å². The van der Waals surface area contributed by atoms with E-state index in [2.05, 4.69) is 44.6 Å². The number of anilines is 1. The van der Waals surface area contributed by atoms with Gasteiger partial charge >= 0.3 is 0 Å². The maximum Gasteiger partial charge on any atom is 0.158 e. The van der Waals surface area contributed by atoms with Gasteiger partial charge in [0.25, 0.3) is 0 Å². The van der Waals surface area contributed by atoms with Gasteiger partial charge in [-0.25, -0.2) is 10.8 Å². The third kappa shape index (κ3) is 2.95. The predicted molar refractivity (Wildman–Crippen MR) is 79.0 cm³/mol. The Morgan fingerprint density at radius 2 is 1.75 bits per heavy atom. The molecule has 1 aromatic carbocycles. The van der Waals surface area contributed by atoms with Gasteiger partial charge in [0.2, 0.25) is 0 Å². The van der Waals surface area contributed by atoms with Crippen molar-refractivity contribution in [1.29, 1.82) is 0 Å². The lowest BCUT2D eigenvalue weighted by Gasteiger charge is -2.18. The highest BCUT2D eigenvalue weighted by atomic mass is 15.3. The number of nitrogens with two attached hydrogens (primary N) is 1. The lowest BCUT2D eigenvalue weighted by molar-refractivity contribution is 0.275. The molecule has 0 unspecified atom stereocenters. The van der Waals surface area contributed by atoms with E-state index < -0.39 is 0 Å². The van der Waals surface area contributed by atoms with E-state index in [0.29, 0.717) is 5.82 Å². The van der Waals surface area contributed by atoms with Crippen LogP contribution in [0.25, 0.3) is 0 Å². The molecular formula is C15H19N5. The molecule has 5 heteroatoms. The molecule has 1 aromatic heterocycles. The SMILES string of the molecule is NNc1cnc(CN2CCc3ccccc3CC2)cn1. The van der Waals surface area contributed by atoms with Crippen molar-refractivity contribution >= 4 is 5.82 Å². The van der Waals surface area contributed by atoms with Gasteiger partial charge in [-0.2, -0.15) is 0 Å². The van der Waals surface area contributed by atoms with E-state index >= 15 is 0 Å². The van der Waals surface area contributed by atoms with E-state index in [0.717, 1.165) is 38.2 Å². The van der Waals surface area contributed by atoms with Crippen LogP contribution in [0, 0.1) is 0 Å². The summed E-state index contributed by atoms with van der Waals surface area (Å²) in [5.74, 6) is 5.89. The van der Waals surface area contributed by atoms with Crippen molar-refractivity contribution in [2.24, 2.45) is 5.84 Å². The first-order valence-electron chi connectivity index (χ1n) is 6.92. The quantitative estimate of drug-likeness (QED) is 0.650. The van der Waals surface area contributed by atoms with Crippen LogP contribution in [0.4, 0.5) is 5.82 Å². The summed E-state index contributed by atoms with van der Waals surface area (Å²) in [6.45, 7) is 2.97. The fourth-order valence-electron chi connectivity index (χ4n) is 2.61. The maximum absolute atomic E-state index is 5.29. The van der Waals surface area contributed by atoms with Gasteiger partial charge in [-0.15, -0.1) is 0 Å². The monoisotopic (exact) mass is 269 g/mol. The average molecular weight is 269 g/mol. The summed E-state index contributed by atoms with van der Waals surface area (Å²) < 4.78 is 0. The summed E-state index contributed by atoms with van der Waals surface area (Å²) >= 11 is 0. The Hall–Kier alpha value is -1.98. The Labute approximate surface area is 118 Å². The minimum Gasteiger partial charge on any atom is -0.307 e. The molecule has 2 aromatic rings. The molecule has 3 rings (SSSR count). The Morgan fingerprint density at radius 1 is 1.05 bits per heavy atom. The van der Waals surface area contributed by atoms with Crippen LogP contribution in [-0.4, -0.2) is 28.0 Å². The van der Waals surface area contributed by atoms with Crippen molar-refractivity contribution in [1.82, 2.24) is 14.9 Å². The van der Waals surface area contributed by atoms with Crippen LogP contribution < -0.4 is 11.3 Å². The smallest absolute Gasteiger partial charge is 0.158 e. The fraction of sp³-hybridized carbons (Fsp3) is 0.333. The van der Waals surface area contributed by atoms with Crippen LogP contribution in [-0.2, 0) is 19.4 Å². The number of nitrogens with zero attached hydrogens (tertiary/aromatic N) is 3. The number of fused-ring (bicyclic) bond motifs is 1. The highest BCUT2D eigenvalue weighted by Crippen LogP contribution is 2.16. The topological polar surface area (TPSA) is 67.1 Å². The number of hydrogen-bond donors (Lipinski definition) is 2. The van der Waals surface area contributed by atoms with Gasteiger partial charge < -0.3 is 5.43 Å². The van der Waals surface area contributed by atoms with E-state index in [9.17, 15) is 0 Å². The number of hydrogen-bond acceptors (Lipinski definition) is 5. The zero-order chi connectivity index (χ0) is 13.8. The molecule has 0 atom stereocenters. The number of nitrogen functional groups attached to an aromatic ring is 1. The molecule has 3 N–H and O–H groups in total. The van der Waals surface area contributed by atoms with E-state index in [1.54, 1.807) is 12.4 Å². The lowest BCUT2D eigenvalue weighted by atomic mass is 10.0. The number of aromatic nitrogens is 2. The average Bonchev–Trinajstić information content (AvgIpc) is 2.71. The molecule has 0 spiro atoms. The van der Waals surface area contributed by atoms with Crippen molar-refractivity contribution in [2.45, 2.75) is 19.4 Å². The predicted octanol–water partition coefficient (Wildman–Crippen LogP) is 1.36. The second kappa shape index (κ2) is 5.98. The Balaban J connectivity index is 1.65. The molecule has 0 bridgehead atoms. The zero-order valence-electron chi connectivity index (χ0n) is 11.4. The van der Waals surface area contributed by atoms with Crippen molar-refractivity contribution in [3.63, 3.8) is 0 Å². The molecule has 0 aliphatic carbocycles. The summed E-state index contributed by atoms with van der Waals surface area (Å²) in [6.07, 6.45) is 5.66. The minimum atomic E-state index is 0.594. The lowest BCUT2D eigenvalue weighted by Crippen LogP contribution is -2.26. The van der Waals surface area contributed by atoms with Crippen molar-refractivity contribution < 1.29 is 0 Å². The highest BCUT2D eigenvalue weighted by molar-refractivity contribution is 5.29. The normalized spacial score (nSPS) is 15.4. The molecule has 0 radical (unpaired) electrons. The highest BCUT2D eigenvalue weighted by Gasteiger charge is 2.14. The first-order chi connectivity index (χ1) is 9.85. The summed E-state index contributed by atoms with van der Waals surface area (Å²) in [5.41, 5.74) is 6.43. The Kier molecular flexibility index (Phi) is 3.90. The Morgan fingerprint density at radius 3 is 2.30 bits per heavy atom. The number of rotatable bonds is 3. The van der Waals surface area contributed by atoms with Crippen LogP contribution in [0.15, 0.2) is 36.7 Å². The molecule has 0 saturated carbocycles. The summed E-state index contributed by atoms with van der Waals surface area (Å²) in [4.78, 5) is 11.0. The summed E-state index contributed by atoms with van der Waals surface area (Å²) in [6, 6.07) is 8.72. The van der Waals surface area contributed by atoms with Crippen LogP contribution in [0.3, 0.4) is 0 Å². The van der Waals surface area contributed by atoms with Crippen LogP contribution in [0.2, 0.25) is 0 Å². The van der Waals surface area contributed by atoms with Crippen molar-refractivity contribution in [3.05, 3.63) is 53.5 Å². The first-order valence-corrected chi connectivity index (χ1v) is 6.92. The third-order valence-corrected chi connectivity index (χ3v) is 3.75. The number of hydrazine groups is 1. The largest absolute Gasteiger partial charge is 0.307 e. The molecule has 1 aliphatic heterocycles. The fourth-order valence-corrected chi connectivity index (χ4v) is 2.61. The Bertz CT molecular complexity index is 540. The van der Waals surface area contributed by atoms with Gasteiger partial charge in [0.1, 0.15) is 0 Å².